The zero-order chi connectivity index (χ0) is 15.0. The number of aromatic nitrogens is 2. The van der Waals surface area contributed by atoms with Gasteiger partial charge in [-0.25, -0.2) is 9.07 Å². The smallest absolute Gasteiger partial charge is 0.123 e. The van der Waals surface area contributed by atoms with Gasteiger partial charge in [-0.1, -0.05) is 12.5 Å². The van der Waals surface area contributed by atoms with Crippen LogP contribution in [0.1, 0.15) is 31.5 Å². The van der Waals surface area contributed by atoms with Crippen LogP contribution < -0.4 is 0 Å². The van der Waals surface area contributed by atoms with Crippen molar-refractivity contribution >= 4 is 6.08 Å². The molecule has 110 valence electrons. The molecule has 0 bridgehead atoms. The number of rotatable bonds is 3. The van der Waals surface area contributed by atoms with E-state index < -0.39 is 0 Å². The van der Waals surface area contributed by atoms with E-state index in [-0.39, 0.29) is 17.8 Å². The third-order valence-electron chi connectivity index (χ3n) is 4.51. The Balaban J connectivity index is 2.03. The number of allylic oxidation sites excluding steroid dienone is 1. The van der Waals surface area contributed by atoms with E-state index in [0.717, 1.165) is 24.2 Å². The molecule has 4 heteroatoms. The summed E-state index contributed by atoms with van der Waals surface area (Å²) in [6.07, 6.45) is 5.62. The summed E-state index contributed by atoms with van der Waals surface area (Å²) in [6, 6.07) is 6.35. The highest BCUT2D eigenvalue weighted by Gasteiger charge is 2.32. The number of aliphatic hydroxyl groups is 1. The van der Waals surface area contributed by atoms with Gasteiger partial charge in [0.2, 0.25) is 0 Å². The minimum absolute atomic E-state index is 0.0155. The molecular formula is C17H19FN2O. The van der Waals surface area contributed by atoms with E-state index in [1.807, 2.05) is 10.9 Å². The quantitative estimate of drug-likeness (QED) is 0.939. The molecule has 3 nitrogen and oxygen atoms in total. The van der Waals surface area contributed by atoms with E-state index in [9.17, 15) is 9.50 Å². The number of benzene rings is 1. The predicted octanol–water partition coefficient (Wildman–Crippen LogP) is 3.36. The van der Waals surface area contributed by atoms with Crippen molar-refractivity contribution in [3.8, 4) is 5.69 Å². The summed E-state index contributed by atoms with van der Waals surface area (Å²) in [5.74, 6) is -0.248. The lowest BCUT2D eigenvalue weighted by molar-refractivity contribution is 0.221. The normalized spacial score (nSPS) is 21.0. The third-order valence-corrected chi connectivity index (χ3v) is 4.51. The number of aliphatic hydroxyl groups excluding tert-OH is 1. The molecule has 0 saturated carbocycles. The van der Waals surface area contributed by atoms with Crippen molar-refractivity contribution < 1.29 is 9.50 Å². The predicted molar refractivity (Wildman–Crippen MR) is 80.7 cm³/mol. The molecule has 1 N–H and O–H groups in total. The van der Waals surface area contributed by atoms with Crippen LogP contribution in [0, 0.1) is 11.2 Å². The molecule has 0 radical (unpaired) electrons. The van der Waals surface area contributed by atoms with Gasteiger partial charge in [-0.15, -0.1) is 0 Å². The highest BCUT2D eigenvalue weighted by molar-refractivity contribution is 5.60. The molecule has 1 aliphatic rings. The summed E-state index contributed by atoms with van der Waals surface area (Å²) in [5, 5.41) is 13.7. The fraction of sp³-hybridized carbons (Fsp3) is 0.353. The van der Waals surface area contributed by atoms with Gasteiger partial charge < -0.3 is 5.11 Å². The second-order valence-corrected chi connectivity index (χ2v) is 5.98. The monoisotopic (exact) mass is 286 g/mol. The molecule has 1 atom stereocenters. The Morgan fingerprint density at radius 3 is 2.71 bits per heavy atom. The Labute approximate surface area is 123 Å². The zero-order valence-electron chi connectivity index (χ0n) is 12.3. The molecule has 0 saturated heterocycles. The van der Waals surface area contributed by atoms with E-state index in [0.29, 0.717) is 0 Å². The number of hydrogen-bond donors (Lipinski definition) is 1. The minimum atomic E-state index is -0.248. The molecule has 0 spiro atoms. The summed E-state index contributed by atoms with van der Waals surface area (Å²) >= 11 is 0. The molecule has 1 aromatic heterocycles. The first-order chi connectivity index (χ1) is 10.0. The fourth-order valence-electron chi connectivity index (χ4n) is 2.94. The molecule has 21 heavy (non-hydrogen) atoms. The van der Waals surface area contributed by atoms with Gasteiger partial charge in [0.05, 0.1) is 17.6 Å². The number of halogens is 1. The van der Waals surface area contributed by atoms with Crippen molar-refractivity contribution in [2.75, 3.05) is 6.61 Å². The fourth-order valence-corrected chi connectivity index (χ4v) is 2.94. The molecule has 0 amide bonds. The lowest BCUT2D eigenvalue weighted by Gasteiger charge is -2.33. The molecule has 1 heterocycles. The summed E-state index contributed by atoms with van der Waals surface area (Å²) in [7, 11) is 0. The summed E-state index contributed by atoms with van der Waals surface area (Å²) in [6.45, 7) is 4.46. The van der Waals surface area contributed by atoms with Crippen molar-refractivity contribution in [3.05, 3.63) is 53.1 Å². The van der Waals surface area contributed by atoms with Gasteiger partial charge in [0.1, 0.15) is 5.82 Å². The van der Waals surface area contributed by atoms with Crippen LogP contribution in [0.3, 0.4) is 0 Å². The number of hydrogen-bond acceptors (Lipinski definition) is 2. The number of fused-ring (bicyclic) bond motifs is 1. The highest BCUT2D eigenvalue weighted by atomic mass is 19.1. The maximum absolute atomic E-state index is 13.1. The molecular weight excluding hydrogens is 267 g/mol. The Hall–Kier alpha value is -1.94. The molecule has 0 fully saturated rings. The van der Waals surface area contributed by atoms with Crippen LogP contribution in [0.2, 0.25) is 0 Å². The molecule has 1 aromatic carbocycles. The summed E-state index contributed by atoms with van der Waals surface area (Å²) in [4.78, 5) is 0. The Kier molecular flexibility index (Phi) is 3.41. The maximum Gasteiger partial charge on any atom is 0.123 e. The van der Waals surface area contributed by atoms with Crippen LogP contribution in [-0.4, -0.2) is 21.5 Å². The van der Waals surface area contributed by atoms with Crippen molar-refractivity contribution in [2.24, 2.45) is 5.41 Å². The highest BCUT2D eigenvalue weighted by Crippen LogP contribution is 2.41. The van der Waals surface area contributed by atoms with Crippen molar-refractivity contribution in [2.45, 2.75) is 26.7 Å². The SMILES string of the molecule is CC1=Cc2c(cnn2-c2ccc(F)cc2)C[C@@]1(C)CCO. The van der Waals surface area contributed by atoms with Crippen LogP contribution in [0.25, 0.3) is 11.8 Å². The van der Waals surface area contributed by atoms with Crippen LogP contribution >= 0.6 is 0 Å². The van der Waals surface area contributed by atoms with E-state index in [2.05, 4.69) is 25.0 Å². The summed E-state index contributed by atoms with van der Waals surface area (Å²) in [5.41, 5.74) is 4.30. The van der Waals surface area contributed by atoms with E-state index in [4.69, 9.17) is 0 Å². The first-order valence-electron chi connectivity index (χ1n) is 7.16. The van der Waals surface area contributed by atoms with Crippen LogP contribution in [0.5, 0.6) is 0 Å². The van der Waals surface area contributed by atoms with Gasteiger partial charge >= 0.3 is 0 Å². The second-order valence-electron chi connectivity index (χ2n) is 5.98. The average Bonchev–Trinajstić information content (AvgIpc) is 2.83. The van der Waals surface area contributed by atoms with E-state index in [1.54, 1.807) is 12.1 Å². The molecule has 3 rings (SSSR count). The van der Waals surface area contributed by atoms with Gasteiger partial charge in [-0.05, 0) is 61.1 Å². The molecule has 1 aliphatic carbocycles. The van der Waals surface area contributed by atoms with Crippen LogP contribution in [-0.2, 0) is 6.42 Å². The van der Waals surface area contributed by atoms with Crippen molar-refractivity contribution in [1.82, 2.24) is 9.78 Å². The van der Waals surface area contributed by atoms with Gasteiger partial charge in [0, 0.05) is 6.61 Å². The van der Waals surface area contributed by atoms with Gasteiger partial charge in [0.15, 0.2) is 0 Å². The van der Waals surface area contributed by atoms with Gasteiger partial charge in [-0.3, -0.25) is 0 Å². The van der Waals surface area contributed by atoms with E-state index >= 15 is 0 Å². The molecule has 0 aliphatic heterocycles. The Morgan fingerprint density at radius 1 is 1.33 bits per heavy atom. The van der Waals surface area contributed by atoms with Gasteiger partial charge in [0.25, 0.3) is 0 Å². The topological polar surface area (TPSA) is 38.0 Å². The first kappa shape index (κ1) is 14.0. The Bertz CT molecular complexity index is 687. The average molecular weight is 286 g/mol. The van der Waals surface area contributed by atoms with E-state index in [1.165, 1.54) is 23.3 Å². The zero-order valence-corrected chi connectivity index (χ0v) is 12.3. The van der Waals surface area contributed by atoms with Crippen molar-refractivity contribution in [3.63, 3.8) is 0 Å². The largest absolute Gasteiger partial charge is 0.396 e. The van der Waals surface area contributed by atoms with Crippen LogP contribution in [0.15, 0.2) is 36.0 Å². The minimum Gasteiger partial charge on any atom is -0.396 e. The lowest BCUT2D eigenvalue weighted by Crippen LogP contribution is -2.26. The molecule has 0 unspecified atom stereocenters. The lowest BCUT2D eigenvalue weighted by atomic mass is 9.72. The molecule has 2 aromatic rings. The Morgan fingerprint density at radius 2 is 2.05 bits per heavy atom. The number of nitrogens with zero attached hydrogens (tertiary/aromatic N) is 2. The van der Waals surface area contributed by atoms with Gasteiger partial charge in [-0.2, -0.15) is 5.10 Å². The maximum atomic E-state index is 13.1. The van der Waals surface area contributed by atoms with Crippen LogP contribution in [0.4, 0.5) is 4.39 Å². The summed E-state index contributed by atoms with van der Waals surface area (Å²) < 4.78 is 14.9. The van der Waals surface area contributed by atoms with Crippen molar-refractivity contribution in [1.29, 1.82) is 0 Å². The first-order valence-corrected chi connectivity index (χ1v) is 7.16. The standard InChI is InChI=1S/C17H19FN2O/c1-12-9-16-13(10-17(12,2)7-8-21)11-19-20(16)15-5-3-14(18)4-6-15/h3-6,9,11,21H,7-8,10H2,1-2H3/t17-/m1/s1. The second kappa shape index (κ2) is 5.11. The third kappa shape index (κ3) is 2.40.